The number of hydrogen-bond acceptors (Lipinski definition) is 3. The summed E-state index contributed by atoms with van der Waals surface area (Å²) in [5.41, 5.74) is 6.58. The predicted molar refractivity (Wildman–Crippen MR) is 72.7 cm³/mol. The minimum atomic E-state index is -2.82. The number of sulfone groups is 1. The third-order valence-corrected chi connectivity index (χ3v) is 5.35. The Balaban J connectivity index is 2.48. The average Bonchev–Trinajstić information content (AvgIpc) is 2.19. The standard InChI is InChI=1S/C13H27NO2S/c1-12(2)6-8-13(11-14,9-7-12)5-4-10-17(3,15)16/h4-11,14H2,1-3H3. The minimum Gasteiger partial charge on any atom is -0.330 e. The molecule has 0 aromatic rings. The minimum absolute atomic E-state index is 0.209. The van der Waals surface area contributed by atoms with Gasteiger partial charge in [-0.2, -0.15) is 0 Å². The summed E-state index contributed by atoms with van der Waals surface area (Å²) in [5, 5.41) is 0. The summed E-state index contributed by atoms with van der Waals surface area (Å²) in [6.45, 7) is 5.32. The van der Waals surface area contributed by atoms with Crippen molar-refractivity contribution in [2.24, 2.45) is 16.6 Å². The zero-order chi connectivity index (χ0) is 13.2. The van der Waals surface area contributed by atoms with Crippen LogP contribution in [0.15, 0.2) is 0 Å². The van der Waals surface area contributed by atoms with Crippen molar-refractivity contribution in [3.63, 3.8) is 0 Å². The van der Waals surface area contributed by atoms with Gasteiger partial charge in [-0.15, -0.1) is 0 Å². The Bertz CT molecular complexity index is 336. The van der Waals surface area contributed by atoms with E-state index in [4.69, 9.17) is 5.73 Å². The van der Waals surface area contributed by atoms with Gasteiger partial charge in [-0.25, -0.2) is 8.42 Å². The van der Waals surface area contributed by atoms with Gasteiger partial charge in [0.15, 0.2) is 0 Å². The van der Waals surface area contributed by atoms with Crippen LogP contribution in [0.2, 0.25) is 0 Å². The fourth-order valence-electron chi connectivity index (χ4n) is 2.72. The molecule has 2 N–H and O–H groups in total. The quantitative estimate of drug-likeness (QED) is 0.826. The fourth-order valence-corrected chi connectivity index (χ4v) is 3.39. The molecule has 0 unspecified atom stereocenters. The van der Waals surface area contributed by atoms with Crippen LogP contribution in [-0.2, 0) is 9.84 Å². The molecule has 0 bridgehead atoms. The van der Waals surface area contributed by atoms with Crippen LogP contribution in [-0.4, -0.2) is 27.0 Å². The first kappa shape index (κ1) is 15.0. The molecule has 0 aromatic carbocycles. The topological polar surface area (TPSA) is 60.2 Å². The third-order valence-electron chi connectivity index (χ3n) is 4.32. The van der Waals surface area contributed by atoms with Crippen LogP contribution in [0.25, 0.3) is 0 Å². The lowest BCUT2D eigenvalue weighted by atomic mass is 9.63. The van der Waals surface area contributed by atoms with Crippen LogP contribution in [0.1, 0.15) is 52.4 Å². The van der Waals surface area contributed by atoms with Crippen LogP contribution in [0.3, 0.4) is 0 Å². The van der Waals surface area contributed by atoms with Gasteiger partial charge in [-0.1, -0.05) is 13.8 Å². The molecule has 0 amide bonds. The average molecular weight is 261 g/mol. The molecule has 0 atom stereocenters. The zero-order valence-electron chi connectivity index (χ0n) is 11.5. The first-order chi connectivity index (χ1) is 7.68. The molecule has 0 radical (unpaired) electrons. The molecule has 1 aliphatic rings. The molecule has 0 heterocycles. The van der Waals surface area contributed by atoms with E-state index in [0.29, 0.717) is 17.7 Å². The van der Waals surface area contributed by atoms with Crippen molar-refractivity contribution in [1.29, 1.82) is 0 Å². The van der Waals surface area contributed by atoms with Gasteiger partial charge in [-0.05, 0) is 55.9 Å². The highest BCUT2D eigenvalue weighted by molar-refractivity contribution is 7.90. The summed E-state index contributed by atoms with van der Waals surface area (Å²) in [5.74, 6) is 0.304. The summed E-state index contributed by atoms with van der Waals surface area (Å²) in [7, 11) is -2.82. The summed E-state index contributed by atoms with van der Waals surface area (Å²) < 4.78 is 22.3. The largest absolute Gasteiger partial charge is 0.330 e. The molecule has 0 aromatic heterocycles. The number of rotatable bonds is 5. The van der Waals surface area contributed by atoms with E-state index in [1.54, 1.807) is 0 Å². The second kappa shape index (κ2) is 5.27. The van der Waals surface area contributed by atoms with Crippen molar-refractivity contribution in [3.05, 3.63) is 0 Å². The maximum Gasteiger partial charge on any atom is 0.147 e. The maximum atomic E-state index is 11.1. The Morgan fingerprint density at radius 2 is 1.65 bits per heavy atom. The molecule has 1 rings (SSSR count). The third kappa shape index (κ3) is 4.96. The van der Waals surface area contributed by atoms with Crippen LogP contribution in [0.4, 0.5) is 0 Å². The summed E-state index contributed by atoms with van der Waals surface area (Å²) in [6, 6.07) is 0. The fraction of sp³-hybridized carbons (Fsp3) is 1.00. The Hall–Kier alpha value is -0.0900. The van der Waals surface area contributed by atoms with E-state index in [-0.39, 0.29) is 5.41 Å². The molecule has 17 heavy (non-hydrogen) atoms. The van der Waals surface area contributed by atoms with Crippen LogP contribution < -0.4 is 5.73 Å². The SMILES string of the molecule is CC1(C)CCC(CN)(CCCS(C)(=O)=O)CC1. The Morgan fingerprint density at radius 3 is 2.06 bits per heavy atom. The van der Waals surface area contributed by atoms with Crippen molar-refractivity contribution >= 4 is 9.84 Å². The predicted octanol–water partition coefficient (Wildman–Crippen LogP) is 2.36. The van der Waals surface area contributed by atoms with Crippen molar-refractivity contribution in [1.82, 2.24) is 0 Å². The van der Waals surface area contributed by atoms with Gasteiger partial charge < -0.3 is 5.73 Å². The van der Waals surface area contributed by atoms with Gasteiger partial charge in [0.25, 0.3) is 0 Å². The second-order valence-corrected chi connectivity index (χ2v) is 8.86. The second-order valence-electron chi connectivity index (χ2n) is 6.60. The van der Waals surface area contributed by atoms with E-state index < -0.39 is 9.84 Å². The molecule has 0 spiro atoms. The van der Waals surface area contributed by atoms with Crippen LogP contribution in [0, 0.1) is 10.8 Å². The zero-order valence-corrected chi connectivity index (χ0v) is 12.3. The Labute approximate surface area is 106 Å². The van der Waals surface area contributed by atoms with E-state index in [1.165, 1.54) is 19.1 Å². The lowest BCUT2D eigenvalue weighted by Gasteiger charge is -2.43. The highest BCUT2D eigenvalue weighted by Gasteiger charge is 2.36. The van der Waals surface area contributed by atoms with Crippen molar-refractivity contribution < 1.29 is 8.42 Å². The first-order valence-corrected chi connectivity index (χ1v) is 8.62. The van der Waals surface area contributed by atoms with Gasteiger partial charge in [0.05, 0.1) is 0 Å². The molecule has 102 valence electrons. The molecule has 4 heteroatoms. The molecule has 1 saturated carbocycles. The smallest absolute Gasteiger partial charge is 0.147 e. The van der Waals surface area contributed by atoms with Gasteiger partial charge >= 0.3 is 0 Å². The van der Waals surface area contributed by atoms with E-state index in [0.717, 1.165) is 25.7 Å². The maximum absolute atomic E-state index is 11.1. The van der Waals surface area contributed by atoms with Crippen molar-refractivity contribution in [2.75, 3.05) is 18.6 Å². The lowest BCUT2D eigenvalue weighted by Crippen LogP contribution is -2.37. The van der Waals surface area contributed by atoms with E-state index in [1.807, 2.05) is 0 Å². The highest BCUT2D eigenvalue weighted by atomic mass is 32.2. The van der Waals surface area contributed by atoms with Gasteiger partial charge in [0.2, 0.25) is 0 Å². The summed E-state index contributed by atoms with van der Waals surface area (Å²) in [6.07, 6.45) is 7.77. The highest BCUT2D eigenvalue weighted by Crippen LogP contribution is 2.46. The normalized spacial score (nSPS) is 23.5. The Kier molecular flexibility index (Phi) is 4.64. The summed E-state index contributed by atoms with van der Waals surface area (Å²) >= 11 is 0. The van der Waals surface area contributed by atoms with Gasteiger partial charge in [0.1, 0.15) is 9.84 Å². The molecule has 1 fully saturated rings. The molecule has 0 aliphatic heterocycles. The molecule has 1 aliphatic carbocycles. The van der Waals surface area contributed by atoms with Gasteiger partial charge in [0, 0.05) is 12.0 Å². The molecular formula is C13H27NO2S. The van der Waals surface area contributed by atoms with Gasteiger partial charge in [-0.3, -0.25) is 0 Å². The van der Waals surface area contributed by atoms with E-state index in [2.05, 4.69) is 13.8 Å². The molecular weight excluding hydrogens is 234 g/mol. The van der Waals surface area contributed by atoms with Crippen LogP contribution >= 0.6 is 0 Å². The monoisotopic (exact) mass is 261 g/mol. The van der Waals surface area contributed by atoms with Crippen molar-refractivity contribution in [2.45, 2.75) is 52.4 Å². The van der Waals surface area contributed by atoms with E-state index >= 15 is 0 Å². The molecule has 3 nitrogen and oxygen atoms in total. The van der Waals surface area contributed by atoms with Crippen LogP contribution in [0.5, 0.6) is 0 Å². The number of hydrogen-bond donors (Lipinski definition) is 1. The van der Waals surface area contributed by atoms with E-state index in [9.17, 15) is 8.42 Å². The number of nitrogens with two attached hydrogens (primary N) is 1. The van der Waals surface area contributed by atoms with Crippen molar-refractivity contribution in [3.8, 4) is 0 Å². The first-order valence-electron chi connectivity index (χ1n) is 6.56. The lowest BCUT2D eigenvalue weighted by molar-refractivity contribution is 0.0988. The summed E-state index contributed by atoms with van der Waals surface area (Å²) in [4.78, 5) is 0. The molecule has 0 saturated heterocycles. The Morgan fingerprint density at radius 1 is 1.12 bits per heavy atom.